The van der Waals surface area contributed by atoms with E-state index < -0.39 is 0 Å². The van der Waals surface area contributed by atoms with Gasteiger partial charge in [-0.15, -0.1) is 11.6 Å². The Kier molecular flexibility index (Phi) is 6.05. The van der Waals surface area contributed by atoms with Crippen molar-refractivity contribution in [2.75, 3.05) is 6.54 Å². The SMILES string of the molecule is CC(C)(C)CC(Cl)CNC(=O)c1ccc(F)cc1I. The van der Waals surface area contributed by atoms with Gasteiger partial charge in [0.05, 0.1) is 10.9 Å². The zero-order valence-corrected chi connectivity index (χ0v) is 14.2. The second-order valence-corrected chi connectivity index (χ2v) is 7.48. The highest BCUT2D eigenvalue weighted by Crippen LogP contribution is 2.23. The second kappa shape index (κ2) is 6.88. The molecule has 0 bridgehead atoms. The van der Waals surface area contributed by atoms with Crippen LogP contribution >= 0.6 is 34.2 Å². The summed E-state index contributed by atoms with van der Waals surface area (Å²) in [5, 5.41) is 2.67. The summed E-state index contributed by atoms with van der Waals surface area (Å²) >= 11 is 8.13. The molecule has 1 aromatic rings. The van der Waals surface area contributed by atoms with E-state index in [1.54, 1.807) is 0 Å². The summed E-state index contributed by atoms with van der Waals surface area (Å²) in [6.45, 7) is 6.72. The number of halogens is 3. The number of carbonyl (C=O) groups is 1. The van der Waals surface area contributed by atoms with Crippen molar-refractivity contribution < 1.29 is 9.18 Å². The van der Waals surface area contributed by atoms with Crippen molar-refractivity contribution in [2.45, 2.75) is 32.6 Å². The molecule has 19 heavy (non-hydrogen) atoms. The average molecular weight is 398 g/mol. The van der Waals surface area contributed by atoms with Gasteiger partial charge in [-0.05, 0) is 52.6 Å². The zero-order valence-electron chi connectivity index (χ0n) is 11.3. The molecule has 0 fully saturated rings. The molecule has 0 spiro atoms. The topological polar surface area (TPSA) is 29.1 Å². The first-order chi connectivity index (χ1) is 8.69. The van der Waals surface area contributed by atoms with Crippen molar-refractivity contribution >= 4 is 40.1 Å². The van der Waals surface area contributed by atoms with Crippen LogP contribution in [0, 0.1) is 14.8 Å². The van der Waals surface area contributed by atoms with Gasteiger partial charge in [0.25, 0.3) is 5.91 Å². The largest absolute Gasteiger partial charge is 0.351 e. The highest BCUT2D eigenvalue weighted by atomic mass is 127. The summed E-state index contributed by atoms with van der Waals surface area (Å²) in [4.78, 5) is 11.9. The highest BCUT2D eigenvalue weighted by Gasteiger charge is 2.18. The first-order valence-corrected chi connectivity index (χ1v) is 7.58. The number of rotatable bonds is 4. The Labute approximate surface area is 132 Å². The van der Waals surface area contributed by atoms with Gasteiger partial charge in [0.1, 0.15) is 5.82 Å². The zero-order chi connectivity index (χ0) is 14.6. The fourth-order valence-electron chi connectivity index (χ4n) is 1.71. The summed E-state index contributed by atoms with van der Waals surface area (Å²) < 4.78 is 13.5. The molecule has 0 heterocycles. The summed E-state index contributed by atoms with van der Waals surface area (Å²) in [6, 6.07) is 4.10. The fourth-order valence-corrected chi connectivity index (χ4v) is 2.97. The molecule has 0 aromatic heterocycles. The highest BCUT2D eigenvalue weighted by molar-refractivity contribution is 14.1. The molecule has 0 saturated carbocycles. The van der Waals surface area contributed by atoms with Crippen molar-refractivity contribution in [3.8, 4) is 0 Å². The smallest absolute Gasteiger partial charge is 0.252 e. The van der Waals surface area contributed by atoms with Gasteiger partial charge in [-0.2, -0.15) is 0 Å². The molecule has 5 heteroatoms. The van der Waals surface area contributed by atoms with Crippen molar-refractivity contribution in [2.24, 2.45) is 5.41 Å². The van der Waals surface area contributed by atoms with Crippen LogP contribution in [0.1, 0.15) is 37.6 Å². The molecule has 1 amide bonds. The van der Waals surface area contributed by atoms with Gasteiger partial charge < -0.3 is 5.32 Å². The molecule has 106 valence electrons. The van der Waals surface area contributed by atoms with Crippen LogP contribution < -0.4 is 5.32 Å². The lowest BCUT2D eigenvalue weighted by Crippen LogP contribution is -2.32. The van der Waals surface area contributed by atoms with Crippen LogP contribution in [0.5, 0.6) is 0 Å². The first kappa shape index (κ1) is 16.7. The van der Waals surface area contributed by atoms with Gasteiger partial charge in [-0.25, -0.2) is 4.39 Å². The Morgan fingerprint density at radius 3 is 2.63 bits per heavy atom. The monoisotopic (exact) mass is 397 g/mol. The molecule has 0 aliphatic carbocycles. The van der Waals surface area contributed by atoms with Gasteiger partial charge in [0, 0.05) is 10.1 Å². The average Bonchev–Trinajstić information content (AvgIpc) is 2.23. The predicted octanol–water partition coefficient (Wildman–Crippen LogP) is 4.20. The van der Waals surface area contributed by atoms with Crippen molar-refractivity contribution in [1.29, 1.82) is 0 Å². The van der Waals surface area contributed by atoms with Crippen molar-refractivity contribution in [1.82, 2.24) is 5.32 Å². The Hall–Kier alpha value is -0.360. The molecular formula is C14H18ClFINO. The summed E-state index contributed by atoms with van der Waals surface area (Å²) in [7, 11) is 0. The maximum atomic E-state index is 13.0. The lowest BCUT2D eigenvalue weighted by Gasteiger charge is -2.22. The number of hydrogen-bond donors (Lipinski definition) is 1. The summed E-state index contributed by atoms with van der Waals surface area (Å²) in [6.07, 6.45) is 0.815. The number of hydrogen-bond acceptors (Lipinski definition) is 1. The van der Waals surface area contributed by atoms with E-state index in [2.05, 4.69) is 26.1 Å². The van der Waals surface area contributed by atoms with E-state index >= 15 is 0 Å². The summed E-state index contributed by atoms with van der Waals surface area (Å²) in [5.41, 5.74) is 0.600. The number of benzene rings is 1. The van der Waals surface area contributed by atoms with Crippen LogP contribution in [0.3, 0.4) is 0 Å². The molecule has 0 radical (unpaired) electrons. The standard InChI is InChI=1S/C14H18ClFINO/c1-14(2,3)7-9(15)8-18-13(19)11-5-4-10(16)6-12(11)17/h4-6,9H,7-8H2,1-3H3,(H,18,19). The predicted molar refractivity (Wildman–Crippen MR) is 85.2 cm³/mol. The first-order valence-electron chi connectivity index (χ1n) is 6.06. The number of carbonyl (C=O) groups excluding carboxylic acids is 1. The van der Waals surface area contributed by atoms with Crippen LogP contribution in [-0.2, 0) is 0 Å². The third-order valence-electron chi connectivity index (χ3n) is 2.49. The number of alkyl halides is 1. The summed E-state index contributed by atoms with van der Waals surface area (Å²) in [5.74, 6) is -0.562. The van der Waals surface area contributed by atoms with E-state index in [0.29, 0.717) is 15.7 Å². The molecular weight excluding hydrogens is 380 g/mol. The van der Waals surface area contributed by atoms with E-state index in [1.807, 2.05) is 22.6 Å². The van der Waals surface area contributed by atoms with Gasteiger partial charge in [0.2, 0.25) is 0 Å². The maximum Gasteiger partial charge on any atom is 0.252 e. The molecule has 1 rings (SSSR count). The van der Waals surface area contributed by atoms with E-state index in [4.69, 9.17) is 11.6 Å². The Morgan fingerprint density at radius 2 is 2.11 bits per heavy atom. The fraction of sp³-hybridized carbons (Fsp3) is 0.500. The molecule has 1 aromatic carbocycles. The molecule has 0 aliphatic rings. The quantitative estimate of drug-likeness (QED) is 0.599. The van der Waals surface area contributed by atoms with E-state index in [9.17, 15) is 9.18 Å². The van der Waals surface area contributed by atoms with Crippen molar-refractivity contribution in [3.05, 3.63) is 33.1 Å². The Bertz CT molecular complexity index is 459. The van der Waals surface area contributed by atoms with Crippen LogP contribution in [0.25, 0.3) is 0 Å². The molecule has 0 saturated heterocycles. The number of nitrogens with one attached hydrogen (secondary N) is 1. The third-order valence-corrected chi connectivity index (χ3v) is 3.69. The maximum absolute atomic E-state index is 13.0. The lowest BCUT2D eigenvalue weighted by molar-refractivity contribution is 0.0951. The molecule has 1 N–H and O–H groups in total. The Balaban J connectivity index is 2.56. The Morgan fingerprint density at radius 1 is 1.47 bits per heavy atom. The van der Waals surface area contributed by atoms with Crippen LogP contribution in [0.4, 0.5) is 4.39 Å². The minimum absolute atomic E-state index is 0.109. The molecule has 1 unspecified atom stereocenters. The lowest BCUT2D eigenvalue weighted by atomic mass is 9.90. The molecule has 2 nitrogen and oxygen atoms in total. The van der Waals surface area contributed by atoms with Crippen LogP contribution in [-0.4, -0.2) is 17.8 Å². The van der Waals surface area contributed by atoms with E-state index in [0.717, 1.165) is 6.42 Å². The van der Waals surface area contributed by atoms with E-state index in [-0.39, 0.29) is 22.5 Å². The van der Waals surface area contributed by atoms with Gasteiger partial charge in [-0.3, -0.25) is 4.79 Å². The second-order valence-electron chi connectivity index (χ2n) is 5.70. The molecule has 0 aliphatic heterocycles. The van der Waals surface area contributed by atoms with Gasteiger partial charge >= 0.3 is 0 Å². The van der Waals surface area contributed by atoms with Gasteiger partial charge in [-0.1, -0.05) is 20.8 Å². The third kappa shape index (κ3) is 6.08. The molecule has 1 atom stereocenters. The van der Waals surface area contributed by atoms with E-state index in [1.165, 1.54) is 18.2 Å². The van der Waals surface area contributed by atoms with Crippen molar-refractivity contribution in [3.63, 3.8) is 0 Å². The minimum atomic E-state index is -0.344. The minimum Gasteiger partial charge on any atom is -0.351 e. The van der Waals surface area contributed by atoms with Crippen LogP contribution in [0.15, 0.2) is 18.2 Å². The number of amides is 1. The van der Waals surface area contributed by atoms with Crippen LogP contribution in [0.2, 0.25) is 0 Å². The normalized spacial score (nSPS) is 13.2. The van der Waals surface area contributed by atoms with Gasteiger partial charge in [0.15, 0.2) is 0 Å².